The summed E-state index contributed by atoms with van der Waals surface area (Å²) in [6.07, 6.45) is 3.28. The van der Waals surface area contributed by atoms with Crippen molar-refractivity contribution in [2.45, 2.75) is 13.5 Å². The van der Waals surface area contributed by atoms with E-state index in [-0.39, 0.29) is 5.78 Å². The molecule has 3 rings (SSSR count). The predicted molar refractivity (Wildman–Crippen MR) is 121 cm³/mol. The van der Waals surface area contributed by atoms with Gasteiger partial charge in [0, 0.05) is 5.56 Å². The van der Waals surface area contributed by atoms with Crippen molar-refractivity contribution >= 4 is 11.9 Å². The van der Waals surface area contributed by atoms with E-state index in [4.69, 9.17) is 18.9 Å². The number of carbonyl (C=O) groups is 1. The minimum Gasteiger partial charge on any atom is -0.497 e. The highest BCUT2D eigenvalue weighted by Crippen LogP contribution is 2.26. The summed E-state index contributed by atoms with van der Waals surface area (Å²) in [5.41, 5.74) is 3.36. The standard InChI is InChI=1S/C26H26O5/c1-18-5-9-21(10-6-18)31-17-20-15-19(8-13-25(20)29-3)7-12-24(27)23-16-22(28-2)11-14-26(23)30-4/h5-16H,17H2,1-4H3/b12-7+. The van der Waals surface area contributed by atoms with Gasteiger partial charge < -0.3 is 18.9 Å². The molecule has 0 atom stereocenters. The number of benzene rings is 3. The topological polar surface area (TPSA) is 54.0 Å². The molecule has 0 spiro atoms. The number of carbonyl (C=O) groups excluding carboxylic acids is 1. The van der Waals surface area contributed by atoms with Crippen molar-refractivity contribution in [3.63, 3.8) is 0 Å². The fourth-order valence-electron chi connectivity index (χ4n) is 3.08. The quantitative estimate of drug-likeness (QED) is 0.339. The third-order valence-corrected chi connectivity index (χ3v) is 4.82. The van der Waals surface area contributed by atoms with Gasteiger partial charge >= 0.3 is 0 Å². The van der Waals surface area contributed by atoms with E-state index in [1.165, 1.54) is 18.7 Å². The number of hydrogen-bond donors (Lipinski definition) is 0. The van der Waals surface area contributed by atoms with Gasteiger partial charge in [-0.3, -0.25) is 4.79 Å². The van der Waals surface area contributed by atoms with Crippen molar-refractivity contribution < 1.29 is 23.7 Å². The lowest BCUT2D eigenvalue weighted by Gasteiger charge is -2.11. The van der Waals surface area contributed by atoms with E-state index in [2.05, 4.69) is 0 Å². The molecule has 0 saturated carbocycles. The van der Waals surface area contributed by atoms with E-state index in [1.54, 1.807) is 38.5 Å². The van der Waals surface area contributed by atoms with Crippen LogP contribution < -0.4 is 18.9 Å². The molecule has 0 saturated heterocycles. The van der Waals surface area contributed by atoms with Gasteiger partial charge in [-0.2, -0.15) is 0 Å². The van der Waals surface area contributed by atoms with Crippen molar-refractivity contribution in [1.29, 1.82) is 0 Å². The molecule has 0 aliphatic carbocycles. The van der Waals surface area contributed by atoms with Crippen molar-refractivity contribution in [3.8, 4) is 23.0 Å². The average molecular weight is 418 g/mol. The number of ketones is 1. The Morgan fingerprint density at radius 2 is 1.48 bits per heavy atom. The Balaban J connectivity index is 1.78. The largest absolute Gasteiger partial charge is 0.497 e. The maximum Gasteiger partial charge on any atom is 0.189 e. The first kappa shape index (κ1) is 22.0. The molecule has 3 aromatic carbocycles. The molecule has 0 aliphatic heterocycles. The Hall–Kier alpha value is -3.73. The van der Waals surface area contributed by atoms with E-state index in [9.17, 15) is 4.79 Å². The highest BCUT2D eigenvalue weighted by atomic mass is 16.5. The third kappa shape index (κ3) is 5.66. The molecule has 0 bridgehead atoms. The van der Waals surface area contributed by atoms with Gasteiger partial charge in [-0.1, -0.05) is 29.8 Å². The van der Waals surface area contributed by atoms with Crippen molar-refractivity contribution in [2.24, 2.45) is 0 Å². The Bertz CT molecular complexity index is 1070. The molecule has 31 heavy (non-hydrogen) atoms. The van der Waals surface area contributed by atoms with Crippen LogP contribution in [0.4, 0.5) is 0 Å². The van der Waals surface area contributed by atoms with Crippen LogP contribution in [0.25, 0.3) is 6.08 Å². The number of ether oxygens (including phenoxy) is 4. The minimum absolute atomic E-state index is 0.177. The molecule has 3 aromatic rings. The fraction of sp³-hybridized carbons (Fsp3) is 0.192. The van der Waals surface area contributed by atoms with Crippen LogP contribution in [0.5, 0.6) is 23.0 Å². The number of hydrogen-bond acceptors (Lipinski definition) is 5. The summed E-state index contributed by atoms with van der Waals surface area (Å²) >= 11 is 0. The highest BCUT2D eigenvalue weighted by molar-refractivity contribution is 6.08. The van der Waals surface area contributed by atoms with Gasteiger partial charge in [-0.25, -0.2) is 0 Å². The molecule has 0 aromatic heterocycles. The van der Waals surface area contributed by atoms with Gasteiger partial charge in [0.2, 0.25) is 0 Å². The van der Waals surface area contributed by atoms with Crippen LogP contribution in [-0.2, 0) is 6.61 Å². The molecule has 160 valence electrons. The summed E-state index contributed by atoms with van der Waals surface area (Å²) < 4.78 is 21.9. The van der Waals surface area contributed by atoms with Gasteiger partial charge in [0.1, 0.15) is 29.6 Å². The van der Waals surface area contributed by atoms with E-state index in [1.807, 2.05) is 49.4 Å². The minimum atomic E-state index is -0.177. The second kappa shape index (κ2) is 10.3. The summed E-state index contributed by atoms with van der Waals surface area (Å²) in [7, 11) is 4.72. The Labute approximate surface area is 182 Å². The number of allylic oxidation sites excluding steroid dienone is 1. The van der Waals surface area contributed by atoms with Gasteiger partial charge in [-0.05, 0) is 61.0 Å². The van der Waals surface area contributed by atoms with Gasteiger partial charge in [-0.15, -0.1) is 0 Å². The first-order chi connectivity index (χ1) is 15.0. The number of methoxy groups -OCH3 is 3. The summed E-state index contributed by atoms with van der Waals surface area (Å²) in [4.78, 5) is 12.7. The lowest BCUT2D eigenvalue weighted by Crippen LogP contribution is -2.00. The van der Waals surface area contributed by atoms with Crippen LogP contribution in [0.1, 0.15) is 27.0 Å². The molecule has 0 amide bonds. The van der Waals surface area contributed by atoms with Crippen LogP contribution in [0.2, 0.25) is 0 Å². The molecule has 0 N–H and O–H groups in total. The summed E-state index contributed by atoms with van der Waals surface area (Å²) in [6.45, 7) is 2.39. The monoisotopic (exact) mass is 418 g/mol. The highest BCUT2D eigenvalue weighted by Gasteiger charge is 2.11. The van der Waals surface area contributed by atoms with Crippen LogP contribution >= 0.6 is 0 Å². The van der Waals surface area contributed by atoms with E-state index in [0.29, 0.717) is 23.7 Å². The molecule has 0 fully saturated rings. The SMILES string of the molecule is COc1ccc(OC)c(C(=O)/C=C/c2ccc(OC)c(COc3ccc(C)cc3)c2)c1. The van der Waals surface area contributed by atoms with E-state index in [0.717, 1.165) is 22.6 Å². The van der Waals surface area contributed by atoms with Crippen molar-refractivity contribution in [2.75, 3.05) is 21.3 Å². The Morgan fingerprint density at radius 1 is 0.806 bits per heavy atom. The molecular weight excluding hydrogens is 392 g/mol. The zero-order chi connectivity index (χ0) is 22.2. The number of aryl methyl sites for hydroxylation is 1. The smallest absolute Gasteiger partial charge is 0.189 e. The first-order valence-electron chi connectivity index (χ1n) is 9.85. The molecule has 0 radical (unpaired) electrons. The first-order valence-corrected chi connectivity index (χ1v) is 9.85. The molecule has 0 unspecified atom stereocenters. The van der Waals surface area contributed by atoms with Crippen LogP contribution in [0.3, 0.4) is 0 Å². The van der Waals surface area contributed by atoms with Crippen LogP contribution in [-0.4, -0.2) is 27.1 Å². The molecule has 5 nitrogen and oxygen atoms in total. The molecule has 0 aliphatic rings. The van der Waals surface area contributed by atoms with Gasteiger partial charge in [0.25, 0.3) is 0 Å². The zero-order valence-corrected chi connectivity index (χ0v) is 18.2. The third-order valence-electron chi connectivity index (χ3n) is 4.82. The maximum absolute atomic E-state index is 12.7. The lowest BCUT2D eigenvalue weighted by molar-refractivity contribution is 0.104. The molecular formula is C26H26O5. The summed E-state index contributed by atoms with van der Waals surface area (Å²) in [5.74, 6) is 2.43. The van der Waals surface area contributed by atoms with Crippen LogP contribution in [0.15, 0.2) is 66.7 Å². The normalized spacial score (nSPS) is 10.7. The maximum atomic E-state index is 12.7. The van der Waals surface area contributed by atoms with Crippen molar-refractivity contribution in [1.82, 2.24) is 0 Å². The fourth-order valence-corrected chi connectivity index (χ4v) is 3.08. The Morgan fingerprint density at radius 3 is 2.16 bits per heavy atom. The average Bonchev–Trinajstić information content (AvgIpc) is 2.81. The molecule has 0 heterocycles. The van der Waals surface area contributed by atoms with E-state index < -0.39 is 0 Å². The Kier molecular flexibility index (Phi) is 7.33. The second-order valence-corrected chi connectivity index (χ2v) is 6.94. The van der Waals surface area contributed by atoms with Gasteiger partial charge in [0.05, 0.1) is 26.9 Å². The van der Waals surface area contributed by atoms with Crippen molar-refractivity contribution in [3.05, 3.63) is 89.0 Å². The second-order valence-electron chi connectivity index (χ2n) is 6.94. The van der Waals surface area contributed by atoms with Gasteiger partial charge in [0.15, 0.2) is 5.78 Å². The molecule has 5 heteroatoms. The lowest BCUT2D eigenvalue weighted by atomic mass is 10.1. The van der Waals surface area contributed by atoms with Crippen LogP contribution in [0, 0.1) is 6.92 Å². The zero-order valence-electron chi connectivity index (χ0n) is 18.2. The summed E-state index contributed by atoms with van der Waals surface area (Å²) in [6, 6.07) is 18.7. The van der Waals surface area contributed by atoms with E-state index >= 15 is 0 Å². The summed E-state index contributed by atoms with van der Waals surface area (Å²) in [5, 5.41) is 0. The predicted octanol–water partition coefficient (Wildman–Crippen LogP) is 5.50. The number of rotatable bonds is 9.